The van der Waals surface area contributed by atoms with Gasteiger partial charge in [0.2, 0.25) is 5.91 Å². The first kappa shape index (κ1) is 33.2. The second-order valence-electron chi connectivity index (χ2n) is 14.3. The first-order valence-electron chi connectivity index (χ1n) is 15.6. The molecular weight excluding hydrogens is 585 g/mol. The van der Waals surface area contributed by atoms with Gasteiger partial charge in [0, 0.05) is 63.0 Å². The van der Waals surface area contributed by atoms with E-state index < -0.39 is 24.3 Å². The Hall–Kier alpha value is -3.22. The molecule has 1 aromatic carbocycles. The highest BCUT2D eigenvalue weighted by atomic mass is 19.3. The Balaban J connectivity index is 1.36. The van der Waals surface area contributed by atoms with Crippen molar-refractivity contribution < 1.29 is 27.5 Å². The number of piperazine rings is 2. The molecule has 12 heteroatoms. The quantitative estimate of drug-likeness (QED) is 0.479. The fourth-order valence-electron chi connectivity index (χ4n) is 6.51. The standard InChI is InChI=1S/C33H45F3N6O3/c1-22-16-40(26(17-39-12-11-38-33(35,36)21-39)18-41(22)30(44)45-31(2,3)4)19-28(43)42-20-32(5,6)29-27(42)14-24(15-37-29)13-23-7-9-25(34)10-8-23/h7-10,14-15,22,26,38H,11-13,16-21H2,1-6H3/t22-,26+/m1/s1. The molecule has 2 aromatic rings. The number of hydrogen-bond donors (Lipinski definition) is 1. The smallest absolute Gasteiger partial charge is 0.410 e. The number of amides is 2. The second-order valence-corrected chi connectivity index (χ2v) is 14.3. The third-order valence-corrected chi connectivity index (χ3v) is 8.66. The van der Waals surface area contributed by atoms with E-state index in [1.807, 2.05) is 24.1 Å². The topological polar surface area (TPSA) is 81.3 Å². The van der Waals surface area contributed by atoms with E-state index in [1.165, 1.54) is 12.1 Å². The SMILES string of the molecule is C[C@@H]1CN(CC(=O)N2CC(C)(C)c3ncc(Cc4ccc(F)cc4)cc32)[C@@H](CN2CCNC(F)(F)C2)CN1C(=O)OC(C)(C)C. The lowest BCUT2D eigenvalue weighted by Crippen LogP contribution is -2.65. The Morgan fingerprint density at radius 1 is 1.09 bits per heavy atom. The van der Waals surface area contributed by atoms with E-state index in [1.54, 1.807) is 47.6 Å². The van der Waals surface area contributed by atoms with Crippen LogP contribution < -0.4 is 10.2 Å². The Morgan fingerprint density at radius 3 is 2.47 bits per heavy atom. The van der Waals surface area contributed by atoms with Crippen LogP contribution in [0.3, 0.4) is 0 Å². The lowest BCUT2D eigenvalue weighted by Gasteiger charge is -2.47. The molecule has 9 nitrogen and oxygen atoms in total. The van der Waals surface area contributed by atoms with E-state index in [4.69, 9.17) is 9.72 Å². The monoisotopic (exact) mass is 630 g/mol. The van der Waals surface area contributed by atoms with Crippen molar-refractivity contribution in [1.82, 2.24) is 25.0 Å². The summed E-state index contributed by atoms with van der Waals surface area (Å²) in [6, 6.07) is 4.71. The van der Waals surface area contributed by atoms with E-state index in [-0.39, 0.29) is 55.4 Å². The molecule has 0 saturated carbocycles. The lowest BCUT2D eigenvalue weighted by atomic mass is 9.91. The number of hydrogen-bond acceptors (Lipinski definition) is 7. The molecule has 1 N–H and O–H groups in total. The van der Waals surface area contributed by atoms with Crippen LogP contribution in [0.5, 0.6) is 0 Å². The predicted molar refractivity (Wildman–Crippen MR) is 166 cm³/mol. The summed E-state index contributed by atoms with van der Waals surface area (Å²) in [6.07, 6.45) is 1.91. The zero-order chi connectivity index (χ0) is 32.7. The first-order valence-corrected chi connectivity index (χ1v) is 15.6. The highest BCUT2D eigenvalue weighted by Crippen LogP contribution is 2.40. The van der Waals surface area contributed by atoms with Crippen LogP contribution in [-0.2, 0) is 21.4 Å². The van der Waals surface area contributed by atoms with Crippen LogP contribution in [-0.4, -0.2) is 108 Å². The second kappa shape index (κ2) is 12.5. The Bertz CT molecular complexity index is 1400. The Kier molecular flexibility index (Phi) is 9.23. The van der Waals surface area contributed by atoms with Gasteiger partial charge in [-0.2, -0.15) is 8.78 Å². The van der Waals surface area contributed by atoms with Crippen LogP contribution >= 0.6 is 0 Å². The van der Waals surface area contributed by atoms with Crippen LogP contribution in [0.4, 0.5) is 23.7 Å². The van der Waals surface area contributed by atoms with Crippen LogP contribution in [0, 0.1) is 5.82 Å². The molecule has 246 valence electrons. The zero-order valence-electron chi connectivity index (χ0n) is 27.1. The highest BCUT2D eigenvalue weighted by molar-refractivity contribution is 5.97. The number of ether oxygens (including phenoxy) is 1. The van der Waals surface area contributed by atoms with Crippen LogP contribution in [0.1, 0.15) is 58.4 Å². The molecule has 2 saturated heterocycles. The van der Waals surface area contributed by atoms with E-state index in [0.29, 0.717) is 26.1 Å². The normalized spacial score (nSPS) is 23.6. The number of nitrogens with zero attached hydrogens (tertiary/aromatic N) is 5. The Labute approximate surface area is 263 Å². The molecule has 45 heavy (non-hydrogen) atoms. The molecule has 2 atom stereocenters. The molecule has 0 bridgehead atoms. The molecule has 2 fully saturated rings. The van der Waals surface area contributed by atoms with Gasteiger partial charge in [-0.05, 0) is 63.4 Å². The minimum Gasteiger partial charge on any atom is -0.444 e. The maximum absolute atomic E-state index is 14.2. The average Bonchev–Trinajstić information content (AvgIpc) is 3.20. The van der Waals surface area contributed by atoms with Gasteiger partial charge in [-0.1, -0.05) is 26.0 Å². The number of pyridine rings is 1. The molecule has 1 aromatic heterocycles. The molecule has 0 unspecified atom stereocenters. The van der Waals surface area contributed by atoms with Gasteiger partial charge in [0.1, 0.15) is 11.4 Å². The summed E-state index contributed by atoms with van der Waals surface area (Å²) >= 11 is 0. The van der Waals surface area contributed by atoms with Crippen molar-refractivity contribution in [1.29, 1.82) is 0 Å². The fourth-order valence-corrected chi connectivity index (χ4v) is 6.51. The Morgan fingerprint density at radius 2 is 1.80 bits per heavy atom. The molecule has 5 rings (SSSR count). The summed E-state index contributed by atoms with van der Waals surface area (Å²) in [6.45, 7) is 13.0. The maximum atomic E-state index is 14.2. The van der Waals surface area contributed by atoms with Crippen molar-refractivity contribution in [2.45, 2.75) is 77.1 Å². The summed E-state index contributed by atoms with van der Waals surface area (Å²) in [7, 11) is 0. The summed E-state index contributed by atoms with van der Waals surface area (Å²) in [4.78, 5) is 39.1. The third kappa shape index (κ3) is 7.96. The van der Waals surface area contributed by atoms with E-state index in [9.17, 15) is 22.8 Å². The molecule has 3 aliphatic heterocycles. The fraction of sp³-hybridized carbons (Fsp3) is 0.606. The number of anilines is 1. The van der Waals surface area contributed by atoms with E-state index in [2.05, 4.69) is 19.2 Å². The van der Waals surface area contributed by atoms with Crippen molar-refractivity contribution >= 4 is 17.7 Å². The van der Waals surface area contributed by atoms with Gasteiger partial charge in [-0.25, -0.2) is 9.18 Å². The largest absolute Gasteiger partial charge is 0.444 e. The number of alkyl halides is 2. The average molecular weight is 631 g/mol. The number of fused-ring (bicyclic) bond motifs is 1. The highest BCUT2D eigenvalue weighted by Gasteiger charge is 2.43. The third-order valence-electron chi connectivity index (χ3n) is 8.66. The number of carbonyl (C=O) groups excluding carboxylic acids is 2. The van der Waals surface area contributed by atoms with Crippen molar-refractivity contribution in [2.24, 2.45) is 0 Å². The minimum atomic E-state index is -3.00. The maximum Gasteiger partial charge on any atom is 0.410 e. The number of nitrogens with one attached hydrogen (secondary N) is 1. The number of halogens is 3. The molecule has 2 amide bonds. The van der Waals surface area contributed by atoms with E-state index >= 15 is 0 Å². The van der Waals surface area contributed by atoms with Gasteiger partial charge in [-0.3, -0.25) is 24.9 Å². The molecule has 0 radical (unpaired) electrons. The van der Waals surface area contributed by atoms with Gasteiger partial charge >= 0.3 is 12.1 Å². The molecule has 4 heterocycles. The van der Waals surface area contributed by atoms with Crippen LogP contribution in [0.15, 0.2) is 36.5 Å². The van der Waals surface area contributed by atoms with Crippen molar-refractivity contribution in [3.63, 3.8) is 0 Å². The van der Waals surface area contributed by atoms with Gasteiger partial charge in [0.15, 0.2) is 0 Å². The molecule has 3 aliphatic rings. The molecular formula is C33H45F3N6O3. The van der Waals surface area contributed by atoms with Gasteiger partial charge < -0.3 is 14.5 Å². The van der Waals surface area contributed by atoms with Crippen LogP contribution in [0.25, 0.3) is 0 Å². The summed E-state index contributed by atoms with van der Waals surface area (Å²) in [5.74, 6) is -0.411. The molecule has 0 aliphatic carbocycles. The van der Waals surface area contributed by atoms with E-state index in [0.717, 1.165) is 22.5 Å². The molecule has 0 spiro atoms. The zero-order valence-corrected chi connectivity index (χ0v) is 27.1. The number of rotatable bonds is 6. The van der Waals surface area contributed by atoms with Crippen molar-refractivity contribution in [2.75, 3.05) is 57.3 Å². The van der Waals surface area contributed by atoms with Gasteiger partial charge in [-0.15, -0.1) is 0 Å². The number of aromatic nitrogens is 1. The summed E-state index contributed by atoms with van der Waals surface area (Å²) in [5, 5.41) is 2.25. The summed E-state index contributed by atoms with van der Waals surface area (Å²) in [5.41, 5.74) is 2.39. The summed E-state index contributed by atoms with van der Waals surface area (Å²) < 4.78 is 47.6. The van der Waals surface area contributed by atoms with Gasteiger partial charge in [0.25, 0.3) is 0 Å². The minimum absolute atomic E-state index is 0.0668. The lowest BCUT2D eigenvalue weighted by molar-refractivity contribution is -0.122. The first-order chi connectivity index (χ1) is 21.0. The van der Waals surface area contributed by atoms with Crippen LogP contribution in [0.2, 0.25) is 0 Å². The number of carbonyl (C=O) groups is 2. The van der Waals surface area contributed by atoms with Crippen molar-refractivity contribution in [3.05, 3.63) is 59.2 Å². The number of benzene rings is 1. The van der Waals surface area contributed by atoms with Crippen molar-refractivity contribution in [3.8, 4) is 0 Å². The van der Waals surface area contributed by atoms with Gasteiger partial charge in [0.05, 0.1) is 24.5 Å². The predicted octanol–water partition coefficient (Wildman–Crippen LogP) is 4.24.